The van der Waals surface area contributed by atoms with E-state index < -0.39 is 0 Å². The van der Waals surface area contributed by atoms with Crippen molar-refractivity contribution in [1.29, 1.82) is 0 Å². The molecule has 0 fully saturated rings. The van der Waals surface area contributed by atoms with Gasteiger partial charge in [0.05, 0.1) is 12.8 Å². The zero-order chi connectivity index (χ0) is 21.6. The SMILES string of the molecule is COc1ccc(NC(=O)c2cc(C)n(-c3ccccc3)n2)cc1OCc1ccncc1. The largest absolute Gasteiger partial charge is 0.493 e. The van der Waals surface area contributed by atoms with Crippen LogP contribution >= 0.6 is 0 Å². The van der Waals surface area contributed by atoms with Crippen LogP contribution in [0.5, 0.6) is 11.5 Å². The number of methoxy groups -OCH3 is 1. The molecule has 0 aliphatic heterocycles. The number of benzene rings is 2. The number of aryl methyl sites for hydroxylation is 1. The summed E-state index contributed by atoms with van der Waals surface area (Å²) < 4.78 is 13.0. The predicted molar refractivity (Wildman–Crippen MR) is 118 cm³/mol. The molecule has 4 rings (SSSR count). The van der Waals surface area contributed by atoms with Crippen LogP contribution in [0.25, 0.3) is 5.69 Å². The molecule has 31 heavy (non-hydrogen) atoms. The number of rotatable bonds is 7. The number of nitrogens with zero attached hydrogens (tertiary/aromatic N) is 3. The van der Waals surface area contributed by atoms with Crippen LogP contribution < -0.4 is 14.8 Å². The van der Waals surface area contributed by atoms with Gasteiger partial charge in [0.25, 0.3) is 5.91 Å². The van der Waals surface area contributed by atoms with Crippen LogP contribution in [0.1, 0.15) is 21.7 Å². The zero-order valence-corrected chi connectivity index (χ0v) is 17.3. The minimum absolute atomic E-state index is 0.303. The fraction of sp³-hybridized carbons (Fsp3) is 0.125. The Balaban J connectivity index is 1.50. The van der Waals surface area contributed by atoms with Gasteiger partial charge >= 0.3 is 0 Å². The lowest BCUT2D eigenvalue weighted by molar-refractivity contribution is 0.102. The van der Waals surface area contributed by atoms with E-state index in [4.69, 9.17) is 9.47 Å². The standard InChI is InChI=1S/C24H22N4O3/c1-17-14-21(27-28(17)20-6-4-3-5-7-20)24(29)26-19-8-9-22(30-2)23(15-19)31-16-18-10-12-25-13-11-18/h3-15H,16H2,1-2H3,(H,26,29). The molecule has 0 bridgehead atoms. The molecule has 0 unspecified atom stereocenters. The number of amides is 1. The third-order valence-electron chi connectivity index (χ3n) is 4.69. The molecule has 0 atom stereocenters. The van der Waals surface area contributed by atoms with Gasteiger partial charge in [-0.15, -0.1) is 0 Å². The van der Waals surface area contributed by atoms with Crippen molar-refractivity contribution >= 4 is 11.6 Å². The molecular weight excluding hydrogens is 392 g/mol. The van der Waals surface area contributed by atoms with Gasteiger partial charge in [-0.2, -0.15) is 5.10 Å². The third-order valence-corrected chi connectivity index (χ3v) is 4.69. The highest BCUT2D eigenvalue weighted by Gasteiger charge is 2.15. The number of para-hydroxylation sites is 1. The molecule has 2 aromatic carbocycles. The maximum Gasteiger partial charge on any atom is 0.276 e. The van der Waals surface area contributed by atoms with Gasteiger partial charge in [0.2, 0.25) is 0 Å². The number of carbonyl (C=O) groups is 1. The van der Waals surface area contributed by atoms with Crippen LogP contribution in [0, 0.1) is 6.92 Å². The predicted octanol–water partition coefficient (Wildman–Crippen LogP) is 4.42. The summed E-state index contributed by atoms with van der Waals surface area (Å²) in [6.07, 6.45) is 3.42. The molecule has 4 aromatic rings. The molecule has 0 saturated carbocycles. The van der Waals surface area contributed by atoms with Crippen LogP contribution in [-0.2, 0) is 6.61 Å². The van der Waals surface area contributed by atoms with E-state index in [9.17, 15) is 4.79 Å². The molecule has 0 aliphatic carbocycles. The molecule has 0 saturated heterocycles. The topological polar surface area (TPSA) is 78.3 Å². The summed E-state index contributed by atoms with van der Waals surface area (Å²) in [5, 5.41) is 7.33. The van der Waals surface area contributed by atoms with Crippen LogP contribution in [0.4, 0.5) is 5.69 Å². The molecule has 7 heteroatoms. The smallest absolute Gasteiger partial charge is 0.276 e. The number of hydrogen-bond donors (Lipinski definition) is 1. The van der Waals surface area contributed by atoms with E-state index in [0.29, 0.717) is 29.5 Å². The average molecular weight is 414 g/mol. The maximum absolute atomic E-state index is 12.8. The molecule has 2 heterocycles. The number of carbonyl (C=O) groups excluding carboxylic acids is 1. The summed E-state index contributed by atoms with van der Waals surface area (Å²) in [4.78, 5) is 16.8. The monoisotopic (exact) mass is 414 g/mol. The van der Waals surface area contributed by atoms with Crippen molar-refractivity contribution in [2.75, 3.05) is 12.4 Å². The van der Waals surface area contributed by atoms with Crippen LogP contribution in [0.3, 0.4) is 0 Å². The Morgan fingerprint density at radius 3 is 2.52 bits per heavy atom. The van der Waals surface area contributed by atoms with Gasteiger partial charge in [-0.25, -0.2) is 4.68 Å². The lowest BCUT2D eigenvalue weighted by Crippen LogP contribution is -2.13. The van der Waals surface area contributed by atoms with Gasteiger partial charge in [-0.05, 0) is 55.0 Å². The quantitative estimate of drug-likeness (QED) is 0.484. The maximum atomic E-state index is 12.8. The summed E-state index contributed by atoms with van der Waals surface area (Å²) in [6, 6.07) is 20.5. The first-order valence-corrected chi connectivity index (χ1v) is 9.77. The van der Waals surface area contributed by atoms with Gasteiger partial charge in [-0.1, -0.05) is 18.2 Å². The summed E-state index contributed by atoms with van der Waals surface area (Å²) >= 11 is 0. The van der Waals surface area contributed by atoms with Crippen molar-refractivity contribution in [3.8, 4) is 17.2 Å². The van der Waals surface area contributed by atoms with Crippen molar-refractivity contribution in [3.05, 3.63) is 96.1 Å². The van der Waals surface area contributed by atoms with Crippen molar-refractivity contribution in [2.45, 2.75) is 13.5 Å². The van der Waals surface area contributed by atoms with Gasteiger partial charge in [0.15, 0.2) is 17.2 Å². The van der Waals surface area contributed by atoms with E-state index in [1.807, 2.05) is 49.4 Å². The summed E-state index contributed by atoms with van der Waals surface area (Å²) in [5.74, 6) is 0.808. The van der Waals surface area contributed by atoms with Gasteiger partial charge in [0.1, 0.15) is 6.61 Å². The molecule has 0 aliphatic rings. The number of nitrogens with one attached hydrogen (secondary N) is 1. The van der Waals surface area contributed by atoms with Crippen molar-refractivity contribution in [3.63, 3.8) is 0 Å². The number of anilines is 1. The highest BCUT2D eigenvalue weighted by Crippen LogP contribution is 2.31. The van der Waals surface area contributed by atoms with Gasteiger partial charge < -0.3 is 14.8 Å². The van der Waals surface area contributed by atoms with Crippen LogP contribution in [-0.4, -0.2) is 27.8 Å². The molecule has 1 N–H and O–H groups in total. The fourth-order valence-corrected chi connectivity index (χ4v) is 3.12. The summed E-state index contributed by atoms with van der Waals surface area (Å²) in [5.41, 5.74) is 3.66. The second-order valence-corrected chi connectivity index (χ2v) is 6.88. The second kappa shape index (κ2) is 9.13. The number of pyridine rings is 1. The summed E-state index contributed by atoms with van der Waals surface area (Å²) in [6.45, 7) is 2.27. The highest BCUT2D eigenvalue weighted by atomic mass is 16.5. The number of hydrogen-bond acceptors (Lipinski definition) is 5. The van der Waals surface area contributed by atoms with Crippen molar-refractivity contribution in [2.24, 2.45) is 0 Å². The molecule has 0 spiro atoms. The first kappa shape index (κ1) is 20.2. The Bertz CT molecular complexity index is 1170. The minimum atomic E-state index is -0.303. The first-order valence-electron chi connectivity index (χ1n) is 9.77. The van der Waals surface area contributed by atoms with Crippen LogP contribution in [0.2, 0.25) is 0 Å². The van der Waals surface area contributed by atoms with Gasteiger partial charge in [-0.3, -0.25) is 9.78 Å². The summed E-state index contributed by atoms with van der Waals surface area (Å²) in [7, 11) is 1.58. The lowest BCUT2D eigenvalue weighted by Gasteiger charge is -2.13. The van der Waals surface area contributed by atoms with Crippen molar-refractivity contribution in [1.82, 2.24) is 14.8 Å². The Morgan fingerprint density at radius 2 is 1.77 bits per heavy atom. The third kappa shape index (κ3) is 4.72. The highest BCUT2D eigenvalue weighted by molar-refractivity contribution is 6.03. The Kier molecular flexibility index (Phi) is 5.93. The zero-order valence-electron chi connectivity index (χ0n) is 17.3. The van der Waals surface area contributed by atoms with E-state index >= 15 is 0 Å². The number of aromatic nitrogens is 3. The minimum Gasteiger partial charge on any atom is -0.493 e. The lowest BCUT2D eigenvalue weighted by atomic mass is 10.2. The first-order chi connectivity index (χ1) is 15.1. The molecule has 7 nitrogen and oxygen atoms in total. The van der Waals surface area contributed by atoms with E-state index in [0.717, 1.165) is 16.9 Å². The van der Waals surface area contributed by atoms with E-state index in [1.165, 1.54) is 0 Å². The van der Waals surface area contributed by atoms with Crippen LogP contribution in [0.15, 0.2) is 79.1 Å². The van der Waals surface area contributed by atoms with Gasteiger partial charge in [0, 0.05) is 29.8 Å². The molecule has 156 valence electrons. The van der Waals surface area contributed by atoms with E-state index in [-0.39, 0.29) is 5.91 Å². The normalized spacial score (nSPS) is 10.5. The molecule has 0 radical (unpaired) electrons. The number of ether oxygens (including phenoxy) is 2. The van der Waals surface area contributed by atoms with E-state index in [1.54, 1.807) is 48.5 Å². The molecule has 2 aromatic heterocycles. The Hall–Kier alpha value is -4.13. The Morgan fingerprint density at radius 1 is 1.00 bits per heavy atom. The van der Waals surface area contributed by atoms with Crippen molar-refractivity contribution < 1.29 is 14.3 Å². The van der Waals surface area contributed by atoms with E-state index in [2.05, 4.69) is 15.4 Å². The molecular formula is C24H22N4O3. The average Bonchev–Trinajstić information content (AvgIpc) is 3.21. The Labute approximate surface area is 180 Å². The molecule has 1 amide bonds. The fourth-order valence-electron chi connectivity index (χ4n) is 3.12. The second-order valence-electron chi connectivity index (χ2n) is 6.88.